The third-order valence-electron chi connectivity index (χ3n) is 4.12. The van der Waals surface area contributed by atoms with E-state index >= 15 is 0 Å². The molecule has 0 amide bonds. The number of rotatable bonds is 6. The van der Waals surface area contributed by atoms with Gasteiger partial charge in [-0.05, 0) is 29.8 Å². The van der Waals surface area contributed by atoms with E-state index < -0.39 is 11.9 Å². The maximum atomic E-state index is 9.10. The van der Waals surface area contributed by atoms with Gasteiger partial charge in [0.2, 0.25) is 5.95 Å². The maximum Gasteiger partial charge on any atom is 0.414 e. The fraction of sp³-hybridized carbons (Fsp3) is 0.190. The van der Waals surface area contributed by atoms with Crippen LogP contribution in [0.25, 0.3) is 11.3 Å². The molecule has 0 aliphatic carbocycles. The van der Waals surface area contributed by atoms with Gasteiger partial charge in [-0.15, -0.1) is 0 Å². The van der Waals surface area contributed by atoms with Crippen LogP contribution in [-0.2, 0) is 23.2 Å². The summed E-state index contributed by atoms with van der Waals surface area (Å²) >= 11 is 0. The highest BCUT2D eigenvalue weighted by Crippen LogP contribution is 2.25. The van der Waals surface area contributed by atoms with Crippen molar-refractivity contribution in [1.29, 1.82) is 0 Å². The molecule has 0 radical (unpaired) electrons. The lowest BCUT2D eigenvalue weighted by molar-refractivity contribution is -0.159. The van der Waals surface area contributed by atoms with Crippen LogP contribution in [0.5, 0.6) is 11.5 Å². The standard InChI is InChI=1S/C19H21N3O2.C2H2O4/c1-22-18(15-7-5-9-17(11-15)24-3)13-21-19(22)20-12-14-6-4-8-16(10-14)23-2;3-1(4)2(5)6/h4-11,13H,12H2,1-3H3,(H,20,21);(H,3,4)(H,5,6). The SMILES string of the molecule is COc1cccc(CNc2ncc(-c3cccc(OC)c3)n2C)c1.O=C(O)C(=O)O. The fourth-order valence-corrected chi connectivity index (χ4v) is 2.59. The Morgan fingerprint density at radius 2 is 1.60 bits per heavy atom. The van der Waals surface area contributed by atoms with E-state index in [2.05, 4.69) is 16.4 Å². The molecule has 0 spiro atoms. The number of carboxylic acid groups (broad SMARTS) is 2. The number of hydrogen-bond acceptors (Lipinski definition) is 6. The van der Waals surface area contributed by atoms with Crippen molar-refractivity contribution < 1.29 is 29.3 Å². The topological polar surface area (TPSA) is 123 Å². The Morgan fingerprint density at radius 1 is 1.00 bits per heavy atom. The molecule has 1 heterocycles. The van der Waals surface area contributed by atoms with E-state index in [1.54, 1.807) is 14.2 Å². The van der Waals surface area contributed by atoms with Gasteiger partial charge in [0.15, 0.2) is 0 Å². The molecule has 9 nitrogen and oxygen atoms in total. The summed E-state index contributed by atoms with van der Waals surface area (Å²) in [6.45, 7) is 0.680. The lowest BCUT2D eigenvalue weighted by atomic mass is 10.1. The molecule has 0 aliphatic heterocycles. The first kappa shape index (κ1) is 22.3. The van der Waals surface area contributed by atoms with Crippen molar-refractivity contribution in [3.8, 4) is 22.8 Å². The van der Waals surface area contributed by atoms with Gasteiger partial charge in [0, 0.05) is 19.2 Å². The summed E-state index contributed by atoms with van der Waals surface area (Å²) < 4.78 is 12.6. The van der Waals surface area contributed by atoms with E-state index in [1.807, 2.05) is 60.3 Å². The molecule has 3 N–H and O–H groups in total. The number of nitrogens with one attached hydrogen (secondary N) is 1. The molecule has 0 fully saturated rings. The van der Waals surface area contributed by atoms with Gasteiger partial charge in [0.25, 0.3) is 0 Å². The number of methoxy groups -OCH3 is 2. The molecule has 30 heavy (non-hydrogen) atoms. The summed E-state index contributed by atoms with van der Waals surface area (Å²) in [5.41, 5.74) is 3.24. The van der Waals surface area contributed by atoms with Gasteiger partial charge in [0.1, 0.15) is 11.5 Å². The molecule has 0 aliphatic rings. The minimum absolute atomic E-state index is 0.680. The monoisotopic (exact) mass is 413 g/mol. The molecule has 9 heteroatoms. The van der Waals surface area contributed by atoms with Gasteiger partial charge in [-0.3, -0.25) is 0 Å². The van der Waals surface area contributed by atoms with Crippen LogP contribution in [0.3, 0.4) is 0 Å². The first-order valence-corrected chi connectivity index (χ1v) is 8.84. The highest BCUT2D eigenvalue weighted by atomic mass is 16.5. The largest absolute Gasteiger partial charge is 0.497 e. The van der Waals surface area contributed by atoms with Crippen molar-refractivity contribution in [3.63, 3.8) is 0 Å². The summed E-state index contributed by atoms with van der Waals surface area (Å²) in [5, 5.41) is 18.1. The lowest BCUT2D eigenvalue weighted by Crippen LogP contribution is -2.09. The molecule has 158 valence electrons. The van der Waals surface area contributed by atoms with E-state index in [-0.39, 0.29) is 0 Å². The molecular formula is C21H23N3O6. The molecule has 3 aromatic rings. The third-order valence-corrected chi connectivity index (χ3v) is 4.12. The number of benzene rings is 2. The normalized spacial score (nSPS) is 9.83. The summed E-state index contributed by atoms with van der Waals surface area (Å²) in [7, 11) is 5.34. The number of anilines is 1. The molecule has 3 rings (SSSR count). The van der Waals surface area contributed by atoms with Crippen molar-refractivity contribution in [2.45, 2.75) is 6.54 Å². The predicted octanol–water partition coefficient (Wildman–Crippen LogP) is 2.87. The fourth-order valence-electron chi connectivity index (χ4n) is 2.59. The third kappa shape index (κ3) is 5.99. The zero-order valence-corrected chi connectivity index (χ0v) is 16.8. The molecular weight excluding hydrogens is 390 g/mol. The van der Waals surface area contributed by atoms with Gasteiger partial charge in [0.05, 0.1) is 26.1 Å². The van der Waals surface area contributed by atoms with E-state index in [0.717, 1.165) is 34.3 Å². The second-order valence-corrected chi connectivity index (χ2v) is 6.07. The zero-order chi connectivity index (χ0) is 22.1. The molecule has 0 saturated heterocycles. The Labute approximate surface area is 173 Å². The van der Waals surface area contributed by atoms with Crippen LogP contribution in [0.1, 0.15) is 5.56 Å². The van der Waals surface area contributed by atoms with Crippen molar-refractivity contribution in [2.75, 3.05) is 19.5 Å². The highest BCUT2D eigenvalue weighted by Gasteiger charge is 2.09. The number of aromatic nitrogens is 2. The van der Waals surface area contributed by atoms with Crippen LogP contribution >= 0.6 is 0 Å². The van der Waals surface area contributed by atoms with Crippen LogP contribution in [0.4, 0.5) is 5.95 Å². The first-order valence-electron chi connectivity index (χ1n) is 8.84. The Kier molecular flexibility index (Phi) is 7.81. The van der Waals surface area contributed by atoms with Crippen molar-refractivity contribution in [1.82, 2.24) is 9.55 Å². The molecule has 1 aromatic heterocycles. The van der Waals surface area contributed by atoms with Crippen molar-refractivity contribution >= 4 is 17.9 Å². The van der Waals surface area contributed by atoms with E-state index in [4.69, 9.17) is 29.3 Å². The van der Waals surface area contributed by atoms with Crippen LogP contribution in [0.15, 0.2) is 54.7 Å². The number of carbonyl (C=O) groups is 2. The Balaban J connectivity index is 0.000000469. The second kappa shape index (κ2) is 10.5. The lowest BCUT2D eigenvalue weighted by Gasteiger charge is -2.10. The Morgan fingerprint density at radius 3 is 2.20 bits per heavy atom. The summed E-state index contributed by atoms with van der Waals surface area (Å²) in [4.78, 5) is 22.7. The summed E-state index contributed by atoms with van der Waals surface area (Å²) in [6.07, 6.45) is 1.86. The van der Waals surface area contributed by atoms with Crippen LogP contribution in [-0.4, -0.2) is 45.9 Å². The molecule has 0 saturated carbocycles. The van der Waals surface area contributed by atoms with Gasteiger partial charge in [-0.25, -0.2) is 14.6 Å². The van der Waals surface area contributed by atoms with Gasteiger partial charge >= 0.3 is 11.9 Å². The highest BCUT2D eigenvalue weighted by molar-refractivity contribution is 6.27. The van der Waals surface area contributed by atoms with Crippen molar-refractivity contribution in [3.05, 3.63) is 60.3 Å². The smallest absolute Gasteiger partial charge is 0.414 e. The average molecular weight is 413 g/mol. The Hall–Kier alpha value is -4.01. The van der Waals surface area contributed by atoms with Crippen LogP contribution in [0, 0.1) is 0 Å². The number of imidazole rings is 1. The predicted molar refractivity (Wildman–Crippen MR) is 111 cm³/mol. The quantitative estimate of drug-likeness (QED) is 0.527. The van der Waals surface area contributed by atoms with Crippen LogP contribution < -0.4 is 14.8 Å². The number of ether oxygens (including phenoxy) is 2. The first-order chi connectivity index (χ1) is 14.3. The average Bonchev–Trinajstić information content (AvgIpc) is 3.13. The summed E-state index contributed by atoms with van der Waals surface area (Å²) in [6, 6.07) is 15.9. The number of hydrogen-bond donors (Lipinski definition) is 3. The number of carboxylic acids is 2. The molecule has 0 atom stereocenters. The van der Waals surface area contributed by atoms with Crippen molar-refractivity contribution in [2.24, 2.45) is 7.05 Å². The van der Waals surface area contributed by atoms with E-state index in [1.165, 1.54) is 0 Å². The van der Waals surface area contributed by atoms with Gasteiger partial charge < -0.3 is 29.6 Å². The molecule has 2 aromatic carbocycles. The second-order valence-electron chi connectivity index (χ2n) is 6.07. The van der Waals surface area contributed by atoms with E-state index in [9.17, 15) is 0 Å². The van der Waals surface area contributed by atoms with Crippen LogP contribution in [0.2, 0.25) is 0 Å². The molecule has 0 bridgehead atoms. The van der Waals surface area contributed by atoms with E-state index in [0.29, 0.717) is 6.54 Å². The van der Waals surface area contributed by atoms with Gasteiger partial charge in [-0.2, -0.15) is 0 Å². The number of nitrogens with zero attached hydrogens (tertiary/aromatic N) is 2. The minimum atomic E-state index is -1.82. The molecule has 0 unspecified atom stereocenters. The zero-order valence-electron chi connectivity index (χ0n) is 16.8. The minimum Gasteiger partial charge on any atom is -0.497 e. The maximum absolute atomic E-state index is 9.10. The van der Waals surface area contributed by atoms with Gasteiger partial charge in [-0.1, -0.05) is 24.3 Å². The number of aliphatic carboxylic acids is 2. The summed E-state index contributed by atoms with van der Waals surface area (Å²) in [5.74, 6) is -1.15. The Bertz CT molecular complexity index is 1000.